The number of aromatic nitrogens is 1. The molecule has 10 heteroatoms. The number of nitrogens with zero attached hydrogens (tertiary/aromatic N) is 1. The van der Waals surface area contributed by atoms with Crippen LogP contribution in [0.5, 0.6) is 5.75 Å². The molecule has 0 unspecified atom stereocenters. The number of hydrogen-bond acceptors (Lipinski definition) is 5. The molecule has 25 heavy (non-hydrogen) atoms. The lowest BCUT2D eigenvalue weighted by Crippen LogP contribution is -2.31. The molecule has 1 heterocycles. The first-order chi connectivity index (χ1) is 11.6. The number of rotatable bonds is 5. The summed E-state index contributed by atoms with van der Waals surface area (Å²) in [6, 6.07) is 7.47. The lowest BCUT2D eigenvalue weighted by Gasteiger charge is -2.10. The van der Waals surface area contributed by atoms with Gasteiger partial charge < -0.3 is 4.74 Å². The van der Waals surface area contributed by atoms with Crippen LogP contribution in [0.15, 0.2) is 47.6 Å². The van der Waals surface area contributed by atoms with Gasteiger partial charge in [-0.3, -0.25) is 4.79 Å². The van der Waals surface area contributed by atoms with Crippen LogP contribution in [0.2, 0.25) is 0 Å². The van der Waals surface area contributed by atoms with E-state index in [1.165, 1.54) is 12.3 Å². The lowest BCUT2D eigenvalue weighted by molar-refractivity contribution is -0.153. The van der Waals surface area contributed by atoms with Gasteiger partial charge in [-0.05, 0) is 48.9 Å². The number of alkyl halides is 3. The van der Waals surface area contributed by atoms with Crippen molar-refractivity contribution < 1.29 is 31.1 Å². The number of nitrogens with one attached hydrogen (secondary N) is 1. The molecule has 1 aromatic heterocycles. The Morgan fingerprint density at radius 3 is 2.40 bits per heavy atom. The van der Waals surface area contributed by atoms with Gasteiger partial charge in [-0.25, -0.2) is 9.71 Å². The minimum atomic E-state index is -4.48. The highest BCUT2D eigenvalue weighted by Crippen LogP contribution is 2.19. The maximum atomic E-state index is 12.1. The monoisotopic (exact) mass is 374 g/mol. The highest BCUT2D eigenvalue weighted by molar-refractivity contribution is 7.90. The van der Waals surface area contributed by atoms with Crippen molar-refractivity contribution in [3.63, 3.8) is 0 Å². The summed E-state index contributed by atoms with van der Waals surface area (Å²) in [5.41, 5.74) is 0.588. The number of aryl methyl sites for hydroxylation is 1. The van der Waals surface area contributed by atoms with Gasteiger partial charge in [-0.1, -0.05) is 0 Å². The molecule has 2 rings (SSSR count). The quantitative estimate of drug-likeness (QED) is 0.869. The molecule has 0 aliphatic rings. The van der Waals surface area contributed by atoms with Gasteiger partial charge in [0, 0.05) is 11.8 Å². The van der Waals surface area contributed by atoms with Crippen molar-refractivity contribution in [2.45, 2.75) is 18.1 Å². The highest BCUT2D eigenvalue weighted by Gasteiger charge is 2.28. The van der Waals surface area contributed by atoms with E-state index < -0.39 is 28.7 Å². The molecule has 0 saturated heterocycles. The van der Waals surface area contributed by atoms with Gasteiger partial charge in [0.05, 0.1) is 0 Å². The summed E-state index contributed by atoms with van der Waals surface area (Å²) >= 11 is 0. The third-order valence-corrected chi connectivity index (χ3v) is 4.14. The topological polar surface area (TPSA) is 85.4 Å². The zero-order valence-corrected chi connectivity index (χ0v) is 13.7. The number of carbonyl (C=O) groups excluding carboxylic acids is 1. The second kappa shape index (κ2) is 7.09. The van der Waals surface area contributed by atoms with Gasteiger partial charge in [0.15, 0.2) is 11.6 Å². The number of carbonyl (C=O) groups is 1. The Morgan fingerprint density at radius 2 is 1.84 bits per heavy atom. The maximum absolute atomic E-state index is 12.1. The maximum Gasteiger partial charge on any atom is 0.422 e. The third-order valence-electron chi connectivity index (χ3n) is 2.91. The molecule has 0 aliphatic heterocycles. The van der Waals surface area contributed by atoms with Crippen molar-refractivity contribution in [1.82, 2.24) is 9.71 Å². The van der Waals surface area contributed by atoms with E-state index in [1.54, 1.807) is 13.0 Å². The van der Waals surface area contributed by atoms with Crippen LogP contribution < -0.4 is 9.46 Å². The summed E-state index contributed by atoms with van der Waals surface area (Å²) in [6.45, 7) is 0.203. The molecule has 1 amide bonds. The van der Waals surface area contributed by atoms with E-state index in [4.69, 9.17) is 0 Å². The molecule has 134 valence electrons. The average Bonchev–Trinajstić information content (AvgIpc) is 2.52. The Kier molecular flexibility index (Phi) is 5.31. The number of hydrogen-bond donors (Lipinski definition) is 1. The minimum Gasteiger partial charge on any atom is -0.484 e. The zero-order chi connectivity index (χ0) is 18.7. The largest absolute Gasteiger partial charge is 0.484 e. The van der Waals surface area contributed by atoms with Crippen LogP contribution in [-0.2, 0) is 10.0 Å². The van der Waals surface area contributed by atoms with Crippen molar-refractivity contribution in [3.05, 3.63) is 53.7 Å². The Hall–Kier alpha value is -2.62. The molecule has 0 aliphatic carbocycles. The van der Waals surface area contributed by atoms with Crippen molar-refractivity contribution in [3.8, 4) is 5.75 Å². The Morgan fingerprint density at radius 1 is 1.20 bits per heavy atom. The molecular formula is C15H13F3N2O4S. The van der Waals surface area contributed by atoms with Crippen LogP contribution in [0, 0.1) is 6.92 Å². The minimum absolute atomic E-state index is 0.0596. The molecule has 2 aromatic rings. The predicted molar refractivity (Wildman–Crippen MR) is 81.6 cm³/mol. The molecule has 0 bridgehead atoms. The van der Waals surface area contributed by atoms with Crippen LogP contribution >= 0.6 is 0 Å². The molecule has 0 spiro atoms. The molecule has 0 fully saturated rings. The first kappa shape index (κ1) is 18.7. The summed E-state index contributed by atoms with van der Waals surface area (Å²) in [5.74, 6) is -1.04. The number of halogens is 3. The van der Waals surface area contributed by atoms with Crippen molar-refractivity contribution >= 4 is 15.9 Å². The molecular weight excluding hydrogens is 361 g/mol. The van der Waals surface area contributed by atoms with E-state index >= 15 is 0 Å². The number of ether oxygens (including phenoxy) is 1. The van der Waals surface area contributed by atoms with Crippen LogP contribution in [0.1, 0.15) is 15.9 Å². The number of pyridine rings is 1. The summed E-state index contributed by atoms with van der Waals surface area (Å²) in [6.07, 6.45) is -3.19. The first-order valence-corrected chi connectivity index (χ1v) is 8.34. The van der Waals surface area contributed by atoms with E-state index in [9.17, 15) is 26.4 Å². The zero-order valence-electron chi connectivity index (χ0n) is 12.9. The second-order valence-corrected chi connectivity index (χ2v) is 6.66. The van der Waals surface area contributed by atoms with Gasteiger partial charge in [0.2, 0.25) is 0 Å². The normalized spacial score (nSPS) is 11.8. The summed E-state index contributed by atoms with van der Waals surface area (Å²) in [5, 5.41) is -0.314. The standard InChI is InChI=1S/C15H13F3N2O4S/c1-10-6-7-19-13(8-10)25(22,23)20-14(21)11-2-4-12(5-3-11)24-9-15(16,17)18/h2-8H,9H2,1H3,(H,20,21). The summed E-state index contributed by atoms with van der Waals surface area (Å²) in [4.78, 5) is 15.7. The second-order valence-electron chi connectivity index (χ2n) is 5.03. The van der Waals surface area contributed by atoms with Crippen LogP contribution in [-0.4, -0.2) is 32.1 Å². The van der Waals surface area contributed by atoms with Crippen LogP contribution in [0.3, 0.4) is 0 Å². The average molecular weight is 374 g/mol. The number of sulfonamides is 1. The van der Waals surface area contributed by atoms with Gasteiger partial charge >= 0.3 is 6.18 Å². The highest BCUT2D eigenvalue weighted by atomic mass is 32.2. The van der Waals surface area contributed by atoms with E-state index in [0.29, 0.717) is 5.56 Å². The number of amides is 1. The van der Waals surface area contributed by atoms with Crippen LogP contribution in [0.25, 0.3) is 0 Å². The SMILES string of the molecule is Cc1ccnc(S(=O)(=O)NC(=O)c2ccc(OCC(F)(F)F)cc2)c1. The van der Waals surface area contributed by atoms with Gasteiger partial charge in [-0.2, -0.15) is 21.6 Å². The molecule has 1 N–H and O–H groups in total. The van der Waals surface area contributed by atoms with E-state index in [-0.39, 0.29) is 16.3 Å². The summed E-state index contributed by atoms with van der Waals surface area (Å²) in [7, 11) is -4.16. The fourth-order valence-electron chi connectivity index (χ4n) is 1.76. The molecule has 0 saturated carbocycles. The smallest absolute Gasteiger partial charge is 0.422 e. The van der Waals surface area contributed by atoms with Crippen molar-refractivity contribution in [1.29, 1.82) is 0 Å². The van der Waals surface area contributed by atoms with E-state index in [2.05, 4.69) is 9.72 Å². The Labute approximate surface area is 141 Å². The fraction of sp³-hybridized carbons (Fsp3) is 0.200. The van der Waals surface area contributed by atoms with Gasteiger partial charge in [0.1, 0.15) is 5.75 Å². The Bertz CT molecular complexity index is 865. The first-order valence-electron chi connectivity index (χ1n) is 6.86. The van der Waals surface area contributed by atoms with Crippen molar-refractivity contribution in [2.24, 2.45) is 0 Å². The Balaban J connectivity index is 2.08. The van der Waals surface area contributed by atoms with Crippen molar-refractivity contribution in [2.75, 3.05) is 6.61 Å². The van der Waals surface area contributed by atoms with E-state index in [1.807, 2.05) is 4.72 Å². The van der Waals surface area contributed by atoms with Crippen LogP contribution in [0.4, 0.5) is 13.2 Å². The molecule has 0 radical (unpaired) electrons. The fourth-order valence-corrected chi connectivity index (χ4v) is 2.76. The third kappa shape index (κ3) is 5.45. The van der Waals surface area contributed by atoms with Gasteiger partial charge in [-0.15, -0.1) is 0 Å². The predicted octanol–water partition coefficient (Wildman–Crippen LogP) is 2.45. The summed E-state index contributed by atoms with van der Waals surface area (Å²) < 4.78 is 66.7. The number of benzene rings is 1. The van der Waals surface area contributed by atoms with E-state index in [0.717, 1.165) is 24.3 Å². The molecule has 1 aromatic carbocycles. The molecule has 0 atom stereocenters. The lowest BCUT2D eigenvalue weighted by atomic mass is 10.2. The van der Waals surface area contributed by atoms with Gasteiger partial charge in [0.25, 0.3) is 15.9 Å². The molecule has 6 nitrogen and oxygen atoms in total.